The molecule has 3 aromatic rings. The highest BCUT2D eigenvalue weighted by Gasteiger charge is 2.22. The third-order valence-corrected chi connectivity index (χ3v) is 6.45. The Hall–Kier alpha value is -3.37. The average molecular weight is 497 g/mol. The van der Waals surface area contributed by atoms with E-state index in [1.165, 1.54) is 11.8 Å². The molecule has 2 aromatic carbocycles. The van der Waals surface area contributed by atoms with Gasteiger partial charge in [0.2, 0.25) is 5.91 Å². The molecule has 1 fully saturated rings. The summed E-state index contributed by atoms with van der Waals surface area (Å²) in [4.78, 5) is 24.4. The van der Waals surface area contributed by atoms with E-state index < -0.39 is 0 Å². The van der Waals surface area contributed by atoms with E-state index in [1.54, 1.807) is 38.3 Å². The molecule has 1 aliphatic rings. The van der Waals surface area contributed by atoms with Crippen LogP contribution in [0.3, 0.4) is 0 Å². The quantitative estimate of drug-likeness (QED) is 0.331. The highest BCUT2D eigenvalue weighted by molar-refractivity contribution is 7.99. The van der Waals surface area contributed by atoms with Gasteiger partial charge in [0.1, 0.15) is 5.75 Å². The van der Waals surface area contributed by atoms with Gasteiger partial charge < -0.3 is 19.5 Å². The van der Waals surface area contributed by atoms with Crippen molar-refractivity contribution < 1.29 is 23.8 Å². The molecule has 9 nitrogen and oxygen atoms in total. The number of methoxy groups -OCH3 is 1. The van der Waals surface area contributed by atoms with Gasteiger partial charge in [-0.3, -0.25) is 9.36 Å². The van der Waals surface area contributed by atoms with Crippen LogP contribution >= 0.6 is 11.8 Å². The topological polar surface area (TPSA) is 105 Å². The molecule has 0 aliphatic carbocycles. The molecule has 0 spiro atoms. The minimum Gasteiger partial charge on any atom is -0.497 e. The first-order valence-electron chi connectivity index (χ1n) is 11.5. The lowest BCUT2D eigenvalue weighted by Gasteiger charge is -2.15. The Morgan fingerprint density at radius 1 is 1.14 bits per heavy atom. The summed E-state index contributed by atoms with van der Waals surface area (Å²) in [6.07, 6.45) is 2.10. The standard InChI is InChI=1S/C25H28N4O5S/c1-3-33-24(31)18-6-10-19(11-7-18)26-22(30)16-35-25-28-27-23(17-8-12-20(32-2)13-9-17)29(25)15-21-5-4-14-34-21/h6-13,21H,3-5,14-16H2,1-2H3,(H,26,30)/t21-/m0/s1. The van der Waals surface area contributed by atoms with Gasteiger partial charge in [-0.05, 0) is 68.3 Å². The summed E-state index contributed by atoms with van der Waals surface area (Å²) in [5.41, 5.74) is 1.95. The van der Waals surface area contributed by atoms with E-state index in [4.69, 9.17) is 14.2 Å². The molecule has 184 valence electrons. The molecule has 0 bridgehead atoms. The number of hydrogen-bond acceptors (Lipinski definition) is 8. The second-order valence-corrected chi connectivity index (χ2v) is 8.86. The number of anilines is 1. The Kier molecular flexibility index (Phi) is 8.38. The molecule has 1 aromatic heterocycles. The number of nitrogens with one attached hydrogen (secondary N) is 1. The van der Waals surface area contributed by atoms with Crippen LogP contribution < -0.4 is 10.1 Å². The fourth-order valence-electron chi connectivity index (χ4n) is 3.74. The zero-order valence-electron chi connectivity index (χ0n) is 19.7. The van der Waals surface area contributed by atoms with E-state index in [0.717, 1.165) is 36.6 Å². The van der Waals surface area contributed by atoms with Crippen LogP contribution in [-0.2, 0) is 20.8 Å². The van der Waals surface area contributed by atoms with E-state index in [2.05, 4.69) is 15.5 Å². The first kappa shape index (κ1) is 24.7. The Bertz CT molecular complexity index is 1140. The average Bonchev–Trinajstić information content (AvgIpc) is 3.54. The number of ether oxygens (including phenoxy) is 3. The molecule has 35 heavy (non-hydrogen) atoms. The van der Waals surface area contributed by atoms with Crippen LogP contribution in [0.4, 0.5) is 5.69 Å². The van der Waals surface area contributed by atoms with Crippen LogP contribution in [0.25, 0.3) is 11.4 Å². The maximum Gasteiger partial charge on any atom is 0.338 e. The zero-order valence-corrected chi connectivity index (χ0v) is 20.5. The van der Waals surface area contributed by atoms with Gasteiger partial charge in [0, 0.05) is 17.9 Å². The Morgan fingerprint density at radius 2 is 1.91 bits per heavy atom. The lowest BCUT2D eigenvalue weighted by molar-refractivity contribution is -0.113. The van der Waals surface area contributed by atoms with Gasteiger partial charge in [-0.25, -0.2) is 4.79 Å². The minimum absolute atomic E-state index is 0.0917. The smallest absolute Gasteiger partial charge is 0.338 e. The van der Waals surface area contributed by atoms with E-state index in [9.17, 15) is 9.59 Å². The highest BCUT2D eigenvalue weighted by atomic mass is 32.2. The van der Waals surface area contributed by atoms with Crippen molar-refractivity contribution in [3.05, 3.63) is 54.1 Å². The van der Waals surface area contributed by atoms with Crippen LogP contribution in [0.5, 0.6) is 5.75 Å². The minimum atomic E-state index is -0.390. The number of aromatic nitrogens is 3. The molecular weight excluding hydrogens is 468 g/mol. The van der Waals surface area contributed by atoms with Gasteiger partial charge in [0.25, 0.3) is 0 Å². The van der Waals surface area contributed by atoms with Crippen molar-refractivity contribution in [2.24, 2.45) is 0 Å². The number of esters is 1. The monoisotopic (exact) mass is 496 g/mol. The second-order valence-electron chi connectivity index (χ2n) is 7.91. The van der Waals surface area contributed by atoms with Crippen LogP contribution in [0.1, 0.15) is 30.1 Å². The van der Waals surface area contributed by atoms with Crippen molar-refractivity contribution in [3.63, 3.8) is 0 Å². The third-order valence-electron chi connectivity index (χ3n) is 5.49. The molecular formula is C25H28N4O5S. The summed E-state index contributed by atoms with van der Waals surface area (Å²) in [5, 5.41) is 12.3. The predicted molar refractivity (Wildman–Crippen MR) is 133 cm³/mol. The number of benzene rings is 2. The third kappa shape index (κ3) is 6.40. The van der Waals surface area contributed by atoms with Crippen molar-refractivity contribution >= 4 is 29.3 Å². The molecule has 0 unspecified atom stereocenters. The first-order chi connectivity index (χ1) is 17.1. The van der Waals surface area contributed by atoms with Gasteiger partial charge in [-0.15, -0.1) is 10.2 Å². The van der Waals surface area contributed by atoms with Gasteiger partial charge in [0.05, 0.1) is 37.7 Å². The van der Waals surface area contributed by atoms with E-state index in [0.29, 0.717) is 29.6 Å². The fraction of sp³-hybridized carbons (Fsp3) is 0.360. The van der Waals surface area contributed by atoms with Crippen LogP contribution in [0.2, 0.25) is 0 Å². The van der Waals surface area contributed by atoms with Gasteiger partial charge in [-0.2, -0.15) is 0 Å². The molecule has 1 amide bonds. The number of carbonyl (C=O) groups excluding carboxylic acids is 2. The molecule has 0 saturated carbocycles. The number of rotatable bonds is 10. The lowest BCUT2D eigenvalue weighted by atomic mass is 10.2. The molecule has 1 saturated heterocycles. The van der Waals surface area contributed by atoms with Crippen LogP contribution in [0.15, 0.2) is 53.7 Å². The summed E-state index contributed by atoms with van der Waals surface area (Å²) in [6.45, 7) is 3.44. The SMILES string of the molecule is CCOC(=O)c1ccc(NC(=O)CSc2nnc(-c3ccc(OC)cc3)n2C[C@@H]2CCCO2)cc1. The zero-order chi connectivity index (χ0) is 24.6. The largest absolute Gasteiger partial charge is 0.497 e. The lowest BCUT2D eigenvalue weighted by Crippen LogP contribution is -2.18. The van der Waals surface area contributed by atoms with Crippen molar-refractivity contribution in [2.75, 3.05) is 31.4 Å². The van der Waals surface area contributed by atoms with Gasteiger partial charge in [-0.1, -0.05) is 11.8 Å². The van der Waals surface area contributed by atoms with Crippen molar-refractivity contribution in [1.82, 2.24) is 14.8 Å². The molecule has 0 radical (unpaired) electrons. The summed E-state index contributed by atoms with van der Waals surface area (Å²) in [6, 6.07) is 14.3. The maximum absolute atomic E-state index is 12.6. The summed E-state index contributed by atoms with van der Waals surface area (Å²) < 4.78 is 18.1. The second kappa shape index (κ2) is 11.9. The van der Waals surface area contributed by atoms with E-state index in [1.807, 2.05) is 28.8 Å². The van der Waals surface area contributed by atoms with Crippen LogP contribution in [-0.4, -0.2) is 58.8 Å². The van der Waals surface area contributed by atoms with Crippen LogP contribution in [0, 0.1) is 0 Å². The molecule has 4 rings (SSSR count). The number of nitrogens with zero attached hydrogens (tertiary/aromatic N) is 3. The Labute approximate surface area is 208 Å². The maximum atomic E-state index is 12.6. The summed E-state index contributed by atoms with van der Waals surface area (Å²) in [5.74, 6) is 1.07. The normalized spacial score (nSPS) is 15.1. The molecule has 1 atom stereocenters. The van der Waals surface area contributed by atoms with Crippen molar-refractivity contribution in [1.29, 1.82) is 0 Å². The Morgan fingerprint density at radius 3 is 2.57 bits per heavy atom. The van der Waals surface area contributed by atoms with E-state index in [-0.39, 0.29) is 23.7 Å². The Balaban J connectivity index is 1.43. The van der Waals surface area contributed by atoms with E-state index >= 15 is 0 Å². The molecule has 2 heterocycles. The van der Waals surface area contributed by atoms with Gasteiger partial charge >= 0.3 is 5.97 Å². The molecule has 1 aliphatic heterocycles. The number of carbonyl (C=O) groups is 2. The first-order valence-corrected chi connectivity index (χ1v) is 12.4. The van der Waals surface area contributed by atoms with Crippen molar-refractivity contribution in [3.8, 4) is 17.1 Å². The highest BCUT2D eigenvalue weighted by Crippen LogP contribution is 2.28. The number of thioether (sulfide) groups is 1. The summed E-state index contributed by atoms with van der Waals surface area (Å²) >= 11 is 1.32. The fourth-order valence-corrected chi connectivity index (χ4v) is 4.48. The van der Waals surface area contributed by atoms with Crippen molar-refractivity contribution in [2.45, 2.75) is 37.6 Å². The number of amides is 1. The summed E-state index contributed by atoms with van der Waals surface area (Å²) in [7, 11) is 1.63. The number of hydrogen-bond donors (Lipinski definition) is 1. The van der Waals surface area contributed by atoms with Gasteiger partial charge in [0.15, 0.2) is 11.0 Å². The molecule has 10 heteroatoms. The molecule has 1 N–H and O–H groups in total. The predicted octanol–water partition coefficient (Wildman–Crippen LogP) is 4.04.